The molecule has 0 aliphatic rings. The lowest BCUT2D eigenvalue weighted by Crippen LogP contribution is -2.13. The Hall–Kier alpha value is -2.04. The highest BCUT2D eigenvalue weighted by Crippen LogP contribution is 2.20. The number of carbonyl (C=O) groups is 2. The Morgan fingerprint density at radius 2 is 2.11 bits per heavy atom. The lowest BCUT2D eigenvalue weighted by Gasteiger charge is -2.05. The third-order valence-corrected chi connectivity index (χ3v) is 2.23. The maximum Gasteiger partial charge on any atom is 0.342 e. The van der Waals surface area contributed by atoms with Gasteiger partial charge in [-0.15, -0.1) is 0 Å². The summed E-state index contributed by atoms with van der Waals surface area (Å²) >= 11 is 0. The molecule has 1 amide bonds. The van der Waals surface area contributed by atoms with E-state index in [4.69, 9.17) is 4.74 Å². The summed E-state index contributed by atoms with van der Waals surface area (Å²) in [5, 5.41) is 2.65. The van der Waals surface area contributed by atoms with Crippen molar-refractivity contribution in [2.24, 2.45) is 0 Å². The van der Waals surface area contributed by atoms with Crippen LogP contribution in [0.5, 0.6) is 0 Å². The van der Waals surface area contributed by atoms with Crippen LogP contribution >= 0.6 is 0 Å². The summed E-state index contributed by atoms with van der Waals surface area (Å²) in [5.41, 5.74) is 2.36. The number of rotatable bonds is 4. The van der Waals surface area contributed by atoms with Crippen molar-refractivity contribution < 1.29 is 14.3 Å². The average Bonchev–Trinajstić information content (AvgIpc) is 2.58. The van der Waals surface area contributed by atoms with Gasteiger partial charge in [-0.2, -0.15) is 0 Å². The third kappa shape index (κ3) is 3.48. The molecule has 0 fully saturated rings. The Morgan fingerprint density at radius 1 is 1.44 bits per heavy atom. The van der Waals surface area contributed by atoms with Crippen LogP contribution in [0, 0.1) is 6.92 Å². The predicted molar refractivity (Wildman–Crippen MR) is 69.5 cm³/mol. The molecule has 0 aromatic carbocycles. The zero-order chi connectivity index (χ0) is 13.7. The Morgan fingerprint density at radius 3 is 2.67 bits per heavy atom. The molecule has 2 N–H and O–H groups in total. The average molecular weight is 250 g/mol. The van der Waals surface area contributed by atoms with Gasteiger partial charge in [-0.3, -0.25) is 4.79 Å². The van der Waals surface area contributed by atoms with Gasteiger partial charge in [0.15, 0.2) is 0 Å². The van der Waals surface area contributed by atoms with Crippen LogP contribution in [-0.4, -0.2) is 23.5 Å². The van der Waals surface area contributed by atoms with Crippen molar-refractivity contribution in [2.75, 3.05) is 11.9 Å². The topological polar surface area (TPSA) is 71.2 Å². The quantitative estimate of drug-likeness (QED) is 0.636. The fourth-order valence-electron chi connectivity index (χ4n) is 1.52. The molecule has 18 heavy (non-hydrogen) atoms. The van der Waals surface area contributed by atoms with Crippen LogP contribution < -0.4 is 5.32 Å². The fraction of sp³-hybridized carbons (Fsp3) is 0.385. The van der Waals surface area contributed by atoms with E-state index in [0.29, 0.717) is 23.6 Å². The van der Waals surface area contributed by atoms with E-state index in [0.717, 1.165) is 5.57 Å². The second kappa shape index (κ2) is 6.05. The minimum Gasteiger partial charge on any atom is -0.462 e. The molecule has 98 valence electrons. The van der Waals surface area contributed by atoms with Gasteiger partial charge >= 0.3 is 5.97 Å². The van der Waals surface area contributed by atoms with Crippen molar-refractivity contribution in [2.45, 2.75) is 27.7 Å². The van der Waals surface area contributed by atoms with Gasteiger partial charge in [0, 0.05) is 18.0 Å². The minimum absolute atomic E-state index is 0.264. The summed E-state index contributed by atoms with van der Waals surface area (Å²) in [6, 6.07) is 0. The third-order valence-electron chi connectivity index (χ3n) is 2.23. The molecule has 5 nitrogen and oxygen atoms in total. The first-order valence-electron chi connectivity index (χ1n) is 5.76. The van der Waals surface area contributed by atoms with Crippen LogP contribution in [0.1, 0.15) is 36.8 Å². The molecule has 0 unspecified atom stereocenters. The number of nitrogens with one attached hydrogen (secondary N) is 2. The molecule has 0 spiro atoms. The zero-order valence-corrected chi connectivity index (χ0v) is 11.1. The van der Waals surface area contributed by atoms with E-state index >= 15 is 0 Å². The van der Waals surface area contributed by atoms with Crippen LogP contribution in [0.4, 0.5) is 5.69 Å². The van der Waals surface area contributed by atoms with Crippen LogP contribution in [0.3, 0.4) is 0 Å². The molecule has 0 radical (unpaired) electrons. The van der Waals surface area contributed by atoms with Crippen LogP contribution in [0.25, 0.3) is 0 Å². The van der Waals surface area contributed by atoms with E-state index in [1.165, 1.54) is 6.08 Å². The number of amides is 1. The molecule has 1 aromatic rings. The van der Waals surface area contributed by atoms with Crippen molar-refractivity contribution in [3.8, 4) is 0 Å². The van der Waals surface area contributed by atoms with Gasteiger partial charge in [-0.25, -0.2) is 4.79 Å². The molecule has 1 aromatic heterocycles. The first kappa shape index (κ1) is 14.0. The molecule has 5 heteroatoms. The summed E-state index contributed by atoms with van der Waals surface area (Å²) < 4.78 is 4.94. The molecular formula is C13H18N2O3. The SMILES string of the molecule is CCOC(=O)c1c(NC(=O)C=C(C)C)c[nH]c1C. The Balaban J connectivity index is 2.94. The molecule has 0 saturated heterocycles. The summed E-state index contributed by atoms with van der Waals surface area (Å²) in [6.07, 6.45) is 3.05. The molecule has 1 heterocycles. The van der Waals surface area contributed by atoms with E-state index < -0.39 is 5.97 Å². The van der Waals surface area contributed by atoms with E-state index in [-0.39, 0.29) is 5.91 Å². The Kier molecular flexibility index (Phi) is 4.71. The van der Waals surface area contributed by atoms with E-state index in [1.54, 1.807) is 20.0 Å². The molecule has 0 bridgehead atoms. The highest BCUT2D eigenvalue weighted by atomic mass is 16.5. The number of esters is 1. The maximum atomic E-state index is 11.7. The van der Waals surface area contributed by atoms with Gasteiger partial charge in [0.25, 0.3) is 0 Å². The monoisotopic (exact) mass is 250 g/mol. The number of H-pyrrole nitrogens is 1. The van der Waals surface area contributed by atoms with Gasteiger partial charge in [-0.05, 0) is 27.7 Å². The predicted octanol–water partition coefficient (Wildman–Crippen LogP) is 2.40. The molecule has 0 saturated carbocycles. The zero-order valence-electron chi connectivity index (χ0n) is 11.1. The largest absolute Gasteiger partial charge is 0.462 e. The van der Waals surface area contributed by atoms with Gasteiger partial charge in [-0.1, -0.05) is 5.57 Å². The molecule has 1 rings (SSSR count). The first-order valence-corrected chi connectivity index (χ1v) is 5.76. The van der Waals surface area contributed by atoms with Gasteiger partial charge in [0.1, 0.15) is 5.56 Å². The Labute approximate surface area is 106 Å². The highest BCUT2D eigenvalue weighted by Gasteiger charge is 2.18. The smallest absolute Gasteiger partial charge is 0.342 e. The number of aryl methyl sites for hydroxylation is 1. The number of hydrogen-bond donors (Lipinski definition) is 2. The first-order chi connectivity index (χ1) is 8.45. The lowest BCUT2D eigenvalue weighted by atomic mass is 10.2. The number of ether oxygens (including phenoxy) is 1. The number of aromatic nitrogens is 1. The van der Waals surface area contributed by atoms with Crippen LogP contribution in [0.15, 0.2) is 17.8 Å². The minimum atomic E-state index is -0.441. The standard InChI is InChI=1S/C13H18N2O3/c1-5-18-13(17)12-9(4)14-7-10(12)15-11(16)6-8(2)3/h6-7,14H,5H2,1-4H3,(H,15,16). The summed E-state index contributed by atoms with van der Waals surface area (Å²) in [4.78, 5) is 26.3. The maximum absolute atomic E-state index is 11.7. The second-order valence-corrected chi connectivity index (χ2v) is 4.13. The van der Waals surface area contributed by atoms with E-state index in [1.807, 2.05) is 13.8 Å². The number of allylic oxidation sites excluding steroid dienone is 1. The van der Waals surface area contributed by atoms with Crippen molar-refractivity contribution in [1.82, 2.24) is 4.98 Å². The molecular weight excluding hydrogens is 232 g/mol. The lowest BCUT2D eigenvalue weighted by molar-refractivity contribution is -0.111. The number of carbonyl (C=O) groups excluding carboxylic acids is 2. The van der Waals surface area contributed by atoms with E-state index in [9.17, 15) is 9.59 Å². The normalized spacial score (nSPS) is 9.78. The Bertz CT molecular complexity index is 482. The van der Waals surface area contributed by atoms with Crippen LogP contribution in [0.2, 0.25) is 0 Å². The number of hydrogen-bond acceptors (Lipinski definition) is 3. The summed E-state index contributed by atoms with van der Waals surface area (Å²) in [6.45, 7) is 7.44. The summed E-state index contributed by atoms with van der Waals surface area (Å²) in [7, 11) is 0. The van der Waals surface area contributed by atoms with E-state index in [2.05, 4.69) is 10.3 Å². The highest BCUT2D eigenvalue weighted by molar-refractivity contribution is 6.05. The van der Waals surface area contributed by atoms with Gasteiger partial charge in [0.2, 0.25) is 5.91 Å². The summed E-state index contributed by atoms with van der Waals surface area (Å²) in [5.74, 6) is -0.705. The van der Waals surface area contributed by atoms with Crippen molar-refractivity contribution in [3.63, 3.8) is 0 Å². The van der Waals surface area contributed by atoms with Crippen molar-refractivity contribution >= 4 is 17.6 Å². The van der Waals surface area contributed by atoms with Crippen molar-refractivity contribution in [1.29, 1.82) is 0 Å². The molecule has 0 aliphatic heterocycles. The van der Waals surface area contributed by atoms with Crippen LogP contribution in [-0.2, 0) is 9.53 Å². The van der Waals surface area contributed by atoms with Crippen molar-refractivity contribution in [3.05, 3.63) is 29.1 Å². The fourth-order valence-corrected chi connectivity index (χ4v) is 1.52. The van der Waals surface area contributed by atoms with Gasteiger partial charge in [0.05, 0.1) is 12.3 Å². The number of anilines is 1. The number of aromatic amines is 1. The molecule has 0 atom stereocenters. The van der Waals surface area contributed by atoms with Gasteiger partial charge < -0.3 is 15.0 Å². The second-order valence-electron chi connectivity index (χ2n) is 4.13. The molecule has 0 aliphatic carbocycles.